The molecule has 2 aliphatic rings. The van der Waals surface area contributed by atoms with Gasteiger partial charge in [-0.05, 0) is 32.1 Å². The van der Waals surface area contributed by atoms with E-state index in [1.807, 2.05) is 0 Å². The summed E-state index contributed by atoms with van der Waals surface area (Å²) in [4.78, 5) is 12.1. The number of hydrogen-bond donors (Lipinski definition) is 3. The molecule has 1 aliphatic heterocycles. The van der Waals surface area contributed by atoms with Crippen LogP contribution in [-0.4, -0.2) is 36.2 Å². The zero-order valence-corrected chi connectivity index (χ0v) is 10.5. The van der Waals surface area contributed by atoms with Crippen LogP contribution in [0.15, 0.2) is 5.16 Å². The van der Waals surface area contributed by atoms with Gasteiger partial charge in [0.1, 0.15) is 5.41 Å². The summed E-state index contributed by atoms with van der Waals surface area (Å²) in [5.41, 5.74) is 4.85. The summed E-state index contributed by atoms with van der Waals surface area (Å²) in [7, 11) is 0. The topological polar surface area (TPSA) is 96.9 Å². The van der Waals surface area contributed by atoms with E-state index in [2.05, 4.69) is 10.5 Å². The Morgan fingerprint density at radius 2 is 2.28 bits per heavy atom. The number of nitrogens with one attached hydrogen (secondary N) is 1. The number of amides is 1. The fourth-order valence-corrected chi connectivity index (χ4v) is 2.61. The molecule has 4 N–H and O–H groups in total. The van der Waals surface area contributed by atoms with Crippen LogP contribution in [0.4, 0.5) is 0 Å². The minimum Gasteiger partial charge on any atom is -0.409 e. The third kappa shape index (κ3) is 2.43. The molecule has 1 aliphatic carbocycles. The number of rotatable bonds is 5. The van der Waals surface area contributed by atoms with Crippen LogP contribution in [0.3, 0.4) is 0 Å². The lowest BCUT2D eigenvalue weighted by atomic mass is 9.67. The molecular weight excluding hydrogens is 234 g/mol. The van der Waals surface area contributed by atoms with Crippen molar-refractivity contribution in [2.45, 2.75) is 44.6 Å². The van der Waals surface area contributed by atoms with Crippen molar-refractivity contribution in [1.82, 2.24) is 5.32 Å². The van der Waals surface area contributed by atoms with E-state index in [1.165, 1.54) is 0 Å². The summed E-state index contributed by atoms with van der Waals surface area (Å²) in [5.74, 6) is -0.0922. The Morgan fingerprint density at radius 1 is 1.50 bits per heavy atom. The zero-order valence-electron chi connectivity index (χ0n) is 10.5. The minimum absolute atomic E-state index is 0.0309. The van der Waals surface area contributed by atoms with E-state index in [-0.39, 0.29) is 17.8 Å². The molecule has 18 heavy (non-hydrogen) atoms. The molecule has 1 unspecified atom stereocenters. The second-order valence-electron chi connectivity index (χ2n) is 5.10. The fourth-order valence-electron chi connectivity index (χ4n) is 2.61. The van der Waals surface area contributed by atoms with Crippen molar-refractivity contribution < 1.29 is 14.7 Å². The van der Waals surface area contributed by atoms with Crippen LogP contribution in [0.5, 0.6) is 0 Å². The van der Waals surface area contributed by atoms with Gasteiger partial charge >= 0.3 is 0 Å². The smallest absolute Gasteiger partial charge is 0.233 e. The first-order chi connectivity index (χ1) is 8.69. The summed E-state index contributed by atoms with van der Waals surface area (Å²) >= 11 is 0. The maximum absolute atomic E-state index is 12.1. The van der Waals surface area contributed by atoms with Gasteiger partial charge in [0.25, 0.3) is 0 Å². The molecule has 0 spiro atoms. The lowest BCUT2D eigenvalue weighted by molar-refractivity contribution is -0.131. The van der Waals surface area contributed by atoms with Gasteiger partial charge in [0, 0.05) is 13.2 Å². The first-order valence-corrected chi connectivity index (χ1v) is 6.57. The van der Waals surface area contributed by atoms with Gasteiger partial charge in [0.2, 0.25) is 5.91 Å². The lowest BCUT2D eigenvalue weighted by Gasteiger charge is -2.38. The average molecular weight is 255 g/mol. The zero-order chi connectivity index (χ0) is 13.0. The normalized spacial score (nSPS) is 26.7. The minimum atomic E-state index is -0.773. The molecule has 0 bridgehead atoms. The molecule has 1 atom stereocenters. The van der Waals surface area contributed by atoms with Crippen molar-refractivity contribution in [3.05, 3.63) is 0 Å². The van der Waals surface area contributed by atoms with Gasteiger partial charge in [-0.1, -0.05) is 11.6 Å². The van der Waals surface area contributed by atoms with Crippen LogP contribution in [0.2, 0.25) is 0 Å². The second kappa shape index (κ2) is 5.56. The predicted molar refractivity (Wildman–Crippen MR) is 66.3 cm³/mol. The number of hydrogen-bond acceptors (Lipinski definition) is 4. The van der Waals surface area contributed by atoms with E-state index in [4.69, 9.17) is 15.7 Å². The van der Waals surface area contributed by atoms with Crippen molar-refractivity contribution in [3.8, 4) is 0 Å². The predicted octanol–water partition coefficient (Wildman–Crippen LogP) is 0.588. The molecule has 102 valence electrons. The third-order valence-electron chi connectivity index (χ3n) is 4.02. The molecule has 6 nitrogen and oxygen atoms in total. The van der Waals surface area contributed by atoms with E-state index in [1.54, 1.807) is 0 Å². The van der Waals surface area contributed by atoms with Crippen LogP contribution in [0.1, 0.15) is 38.5 Å². The second-order valence-corrected chi connectivity index (χ2v) is 5.10. The largest absolute Gasteiger partial charge is 0.409 e. The Hall–Kier alpha value is -1.30. The third-order valence-corrected chi connectivity index (χ3v) is 4.02. The highest BCUT2D eigenvalue weighted by molar-refractivity contribution is 6.07. The van der Waals surface area contributed by atoms with E-state index in [0.717, 1.165) is 32.3 Å². The maximum Gasteiger partial charge on any atom is 0.233 e. The fraction of sp³-hybridized carbons (Fsp3) is 0.833. The SMILES string of the molecule is NC(=NO)C1(C(=O)NCCC2CCCO2)CCC1. The number of amidine groups is 1. The lowest BCUT2D eigenvalue weighted by Crippen LogP contribution is -2.54. The van der Waals surface area contributed by atoms with Gasteiger partial charge in [-0.25, -0.2) is 0 Å². The van der Waals surface area contributed by atoms with E-state index in [0.29, 0.717) is 19.4 Å². The first-order valence-electron chi connectivity index (χ1n) is 6.57. The summed E-state index contributed by atoms with van der Waals surface area (Å²) in [6, 6.07) is 0. The van der Waals surface area contributed by atoms with Crippen LogP contribution in [0, 0.1) is 5.41 Å². The van der Waals surface area contributed by atoms with Crippen LogP contribution in [0.25, 0.3) is 0 Å². The van der Waals surface area contributed by atoms with Gasteiger partial charge in [-0.2, -0.15) is 0 Å². The van der Waals surface area contributed by atoms with Crippen molar-refractivity contribution in [3.63, 3.8) is 0 Å². The molecule has 1 amide bonds. The molecule has 1 saturated heterocycles. The Balaban J connectivity index is 1.79. The van der Waals surface area contributed by atoms with Crippen molar-refractivity contribution in [2.24, 2.45) is 16.3 Å². The van der Waals surface area contributed by atoms with E-state index >= 15 is 0 Å². The Morgan fingerprint density at radius 3 is 2.78 bits per heavy atom. The molecule has 1 saturated carbocycles. The summed E-state index contributed by atoms with van der Waals surface area (Å²) in [5, 5.41) is 14.6. The molecule has 0 aromatic heterocycles. The number of oxime groups is 1. The van der Waals surface area contributed by atoms with Gasteiger partial charge in [-0.15, -0.1) is 0 Å². The Kier molecular flexibility index (Phi) is 4.06. The quantitative estimate of drug-likeness (QED) is 0.290. The van der Waals surface area contributed by atoms with E-state index < -0.39 is 5.41 Å². The molecule has 1 heterocycles. The summed E-state index contributed by atoms with van der Waals surface area (Å²) in [6.45, 7) is 1.41. The molecule has 6 heteroatoms. The van der Waals surface area contributed by atoms with Crippen molar-refractivity contribution in [2.75, 3.05) is 13.2 Å². The summed E-state index contributed by atoms with van der Waals surface area (Å²) < 4.78 is 5.49. The maximum atomic E-state index is 12.1. The number of carbonyl (C=O) groups excluding carboxylic acids is 1. The number of ether oxygens (including phenoxy) is 1. The van der Waals surface area contributed by atoms with Gasteiger partial charge in [0.15, 0.2) is 5.84 Å². The highest BCUT2D eigenvalue weighted by Crippen LogP contribution is 2.41. The highest BCUT2D eigenvalue weighted by atomic mass is 16.5. The average Bonchev–Trinajstić information content (AvgIpc) is 2.80. The van der Waals surface area contributed by atoms with Gasteiger partial charge in [0.05, 0.1) is 6.10 Å². The van der Waals surface area contributed by atoms with Crippen molar-refractivity contribution in [1.29, 1.82) is 0 Å². The van der Waals surface area contributed by atoms with E-state index in [9.17, 15) is 4.79 Å². The van der Waals surface area contributed by atoms with Crippen LogP contribution in [-0.2, 0) is 9.53 Å². The molecule has 0 radical (unpaired) electrons. The van der Waals surface area contributed by atoms with Crippen LogP contribution >= 0.6 is 0 Å². The molecule has 0 aromatic rings. The summed E-state index contributed by atoms with van der Waals surface area (Å²) in [6.07, 6.45) is 5.54. The van der Waals surface area contributed by atoms with Gasteiger partial charge < -0.3 is 21.0 Å². The number of carbonyl (C=O) groups is 1. The molecule has 2 rings (SSSR count). The molecular formula is C12H21N3O3. The first kappa shape index (κ1) is 13.1. The van der Waals surface area contributed by atoms with Gasteiger partial charge in [-0.3, -0.25) is 4.79 Å². The van der Waals surface area contributed by atoms with Crippen molar-refractivity contribution >= 4 is 11.7 Å². The molecule has 0 aromatic carbocycles. The molecule has 2 fully saturated rings. The Labute approximate surface area is 107 Å². The Bertz CT molecular complexity index is 333. The number of nitrogens with zero attached hydrogens (tertiary/aromatic N) is 1. The highest BCUT2D eigenvalue weighted by Gasteiger charge is 2.48. The monoisotopic (exact) mass is 255 g/mol. The standard InChI is InChI=1S/C12H21N3O3/c13-10(15-17)12(5-2-6-12)11(16)14-7-4-9-3-1-8-18-9/h9,17H,1-8H2,(H2,13,15)(H,14,16). The van der Waals surface area contributed by atoms with Crippen LogP contribution < -0.4 is 11.1 Å². The number of nitrogens with two attached hydrogens (primary N) is 1.